The second kappa shape index (κ2) is 6.30. The third kappa shape index (κ3) is 3.30. The van der Waals surface area contributed by atoms with Gasteiger partial charge in [-0.25, -0.2) is 9.37 Å². The zero-order valence-electron chi connectivity index (χ0n) is 10.2. The number of alkyl halides is 1. The van der Waals surface area contributed by atoms with E-state index in [9.17, 15) is 4.39 Å². The van der Waals surface area contributed by atoms with E-state index in [2.05, 4.69) is 4.98 Å². The van der Waals surface area contributed by atoms with Crippen molar-refractivity contribution in [2.45, 2.75) is 25.7 Å². The number of aryl methyl sites for hydroxylation is 2. The maximum Gasteiger partial charge on any atom is 0.123 e. The Labute approximate surface area is 116 Å². The van der Waals surface area contributed by atoms with E-state index in [0.29, 0.717) is 5.88 Å². The average molecular weight is 284 g/mol. The number of rotatable bonds is 5. The maximum atomic E-state index is 12.9. The molecule has 0 fully saturated rings. The van der Waals surface area contributed by atoms with Crippen LogP contribution >= 0.6 is 22.9 Å². The van der Waals surface area contributed by atoms with E-state index < -0.39 is 0 Å². The van der Waals surface area contributed by atoms with Crippen molar-refractivity contribution in [1.29, 1.82) is 0 Å². The Balaban J connectivity index is 2.01. The first kappa shape index (κ1) is 13.5. The van der Waals surface area contributed by atoms with Crippen molar-refractivity contribution in [3.05, 3.63) is 51.7 Å². The van der Waals surface area contributed by atoms with E-state index in [0.717, 1.165) is 24.1 Å². The zero-order chi connectivity index (χ0) is 13.0. The molecule has 2 rings (SSSR count). The van der Waals surface area contributed by atoms with Crippen molar-refractivity contribution in [3.63, 3.8) is 0 Å². The van der Waals surface area contributed by atoms with E-state index in [1.165, 1.54) is 17.0 Å². The molecule has 18 heavy (non-hydrogen) atoms. The van der Waals surface area contributed by atoms with Crippen LogP contribution in [0.25, 0.3) is 0 Å². The summed E-state index contributed by atoms with van der Waals surface area (Å²) in [6.45, 7) is 2.03. The van der Waals surface area contributed by atoms with Gasteiger partial charge in [0.1, 0.15) is 5.82 Å². The Morgan fingerprint density at radius 2 is 2.06 bits per heavy atom. The topological polar surface area (TPSA) is 12.9 Å². The lowest BCUT2D eigenvalue weighted by atomic mass is 9.95. The zero-order valence-corrected chi connectivity index (χ0v) is 11.8. The summed E-state index contributed by atoms with van der Waals surface area (Å²) >= 11 is 7.70. The van der Waals surface area contributed by atoms with Gasteiger partial charge in [0.2, 0.25) is 0 Å². The molecule has 0 amide bonds. The molecule has 0 radical (unpaired) electrons. The minimum Gasteiger partial charge on any atom is -0.250 e. The summed E-state index contributed by atoms with van der Waals surface area (Å²) in [6.07, 6.45) is 1.95. The first-order valence-corrected chi connectivity index (χ1v) is 7.32. The number of aromatic nitrogens is 1. The molecule has 0 saturated heterocycles. The van der Waals surface area contributed by atoms with Gasteiger partial charge in [-0.15, -0.1) is 22.9 Å². The van der Waals surface area contributed by atoms with Crippen molar-refractivity contribution >= 4 is 22.9 Å². The molecule has 0 bridgehead atoms. The predicted molar refractivity (Wildman–Crippen MR) is 75.0 cm³/mol. The largest absolute Gasteiger partial charge is 0.250 e. The van der Waals surface area contributed by atoms with E-state index >= 15 is 0 Å². The molecule has 0 saturated carbocycles. The molecule has 1 unspecified atom stereocenters. The Kier molecular flexibility index (Phi) is 4.72. The number of hydrogen-bond acceptors (Lipinski definition) is 2. The van der Waals surface area contributed by atoms with Gasteiger partial charge in [-0.1, -0.05) is 12.1 Å². The quantitative estimate of drug-likeness (QED) is 0.734. The SMILES string of the molecule is Cc1ncsc1CCC(CCl)c1ccc(F)cc1. The predicted octanol–water partition coefficient (Wildman–Crippen LogP) is 4.55. The van der Waals surface area contributed by atoms with Crippen molar-refractivity contribution in [2.24, 2.45) is 0 Å². The molecule has 4 heteroatoms. The Hall–Kier alpha value is -0.930. The second-order valence-electron chi connectivity index (χ2n) is 4.30. The van der Waals surface area contributed by atoms with Crippen molar-refractivity contribution < 1.29 is 4.39 Å². The van der Waals surface area contributed by atoms with Crippen LogP contribution in [0.2, 0.25) is 0 Å². The van der Waals surface area contributed by atoms with E-state index in [1.54, 1.807) is 11.3 Å². The average Bonchev–Trinajstić information content (AvgIpc) is 2.78. The van der Waals surface area contributed by atoms with Crippen LogP contribution in [-0.4, -0.2) is 10.9 Å². The first-order chi connectivity index (χ1) is 8.70. The van der Waals surface area contributed by atoms with Crippen LogP contribution in [0.4, 0.5) is 4.39 Å². The number of nitrogens with zero attached hydrogens (tertiary/aromatic N) is 1. The molecule has 0 aliphatic rings. The molecule has 2 aromatic rings. The molecule has 1 heterocycles. The number of thiazole rings is 1. The third-order valence-corrected chi connectivity index (χ3v) is 4.46. The summed E-state index contributed by atoms with van der Waals surface area (Å²) in [5, 5.41) is 0. The highest BCUT2D eigenvalue weighted by Gasteiger charge is 2.12. The van der Waals surface area contributed by atoms with Gasteiger partial charge in [0, 0.05) is 10.8 Å². The molecule has 1 nitrogen and oxygen atoms in total. The van der Waals surface area contributed by atoms with E-state index in [4.69, 9.17) is 11.6 Å². The van der Waals surface area contributed by atoms with Crippen molar-refractivity contribution in [1.82, 2.24) is 4.98 Å². The molecule has 1 atom stereocenters. The molecular weight excluding hydrogens is 269 g/mol. The summed E-state index contributed by atoms with van der Waals surface area (Å²) in [6, 6.07) is 6.63. The van der Waals surface area contributed by atoms with Crippen LogP contribution in [0.15, 0.2) is 29.8 Å². The van der Waals surface area contributed by atoms with Gasteiger partial charge in [0.15, 0.2) is 0 Å². The highest BCUT2D eigenvalue weighted by atomic mass is 35.5. The van der Waals surface area contributed by atoms with Crippen LogP contribution in [0.3, 0.4) is 0 Å². The van der Waals surface area contributed by atoms with Gasteiger partial charge in [0.25, 0.3) is 0 Å². The fourth-order valence-corrected chi connectivity index (χ4v) is 3.07. The van der Waals surface area contributed by atoms with Crippen LogP contribution in [0.5, 0.6) is 0 Å². The smallest absolute Gasteiger partial charge is 0.123 e. The van der Waals surface area contributed by atoms with Crippen LogP contribution in [0.1, 0.15) is 28.5 Å². The van der Waals surface area contributed by atoms with Crippen molar-refractivity contribution in [2.75, 3.05) is 5.88 Å². The Morgan fingerprint density at radius 3 is 2.61 bits per heavy atom. The van der Waals surface area contributed by atoms with Crippen LogP contribution in [-0.2, 0) is 6.42 Å². The highest BCUT2D eigenvalue weighted by Crippen LogP contribution is 2.25. The minimum absolute atomic E-state index is 0.203. The molecule has 0 aliphatic heterocycles. The molecule has 96 valence electrons. The van der Waals surface area contributed by atoms with Gasteiger partial charge < -0.3 is 0 Å². The lowest BCUT2D eigenvalue weighted by Gasteiger charge is -2.13. The third-order valence-electron chi connectivity index (χ3n) is 3.09. The van der Waals surface area contributed by atoms with Gasteiger partial charge in [-0.2, -0.15) is 0 Å². The highest BCUT2D eigenvalue weighted by molar-refractivity contribution is 7.09. The molecular formula is C14H15ClFNS. The standard InChI is InChI=1S/C14H15ClFNS/c1-10-14(18-9-17-10)7-4-12(8-15)11-2-5-13(16)6-3-11/h2-3,5-6,9,12H,4,7-8H2,1H3. The Bertz CT molecular complexity index is 495. The molecule has 0 spiro atoms. The summed E-state index contributed by atoms with van der Waals surface area (Å²) < 4.78 is 12.9. The molecule has 1 aromatic heterocycles. The van der Waals surface area contributed by atoms with Crippen LogP contribution < -0.4 is 0 Å². The first-order valence-electron chi connectivity index (χ1n) is 5.91. The summed E-state index contributed by atoms with van der Waals surface area (Å²) in [5.74, 6) is 0.628. The summed E-state index contributed by atoms with van der Waals surface area (Å²) in [5.41, 5.74) is 4.08. The number of hydrogen-bond donors (Lipinski definition) is 0. The van der Waals surface area contributed by atoms with Gasteiger partial charge >= 0.3 is 0 Å². The Morgan fingerprint density at radius 1 is 1.33 bits per heavy atom. The van der Waals surface area contributed by atoms with Crippen LogP contribution in [0, 0.1) is 12.7 Å². The fourth-order valence-electron chi connectivity index (χ4n) is 1.94. The normalized spacial score (nSPS) is 12.6. The lowest BCUT2D eigenvalue weighted by Crippen LogP contribution is -2.02. The van der Waals surface area contributed by atoms with Gasteiger partial charge in [0.05, 0.1) is 11.2 Å². The fraction of sp³-hybridized carbons (Fsp3) is 0.357. The monoisotopic (exact) mass is 283 g/mol. The molecule has 0 aliphatic carbocycles. The lowest BCUT2D eigenvalue weighted by molar-refractivity contribution is 0.623. The summed E-state index contributed by atoms with van der Waals surface area (Å²) in [4.78, 5) is 5.55. The molecule has 0 N–H and O–H groups in total. The van der Waals surface area contributed by atoms with E-state index in [1.807, 2.05) is 24.6 Å². The maximum absolute atomic E-state index is 12.9. The van der Waals surface area contributed by atoms with Crippen molar-refractivity contribution in [3.8, 4) is 0 Å². The number of benzene rings is 1. The van der Waals surface area contributed by atoms with E-state index in [-0.39, 0.29) is 11.7 Å². The minimum atomic E-state index is -0.203. The second-order valence-corrected chi connectivity index (χ2v) is 5.55. The molecule has 1 aromatic carbocycles. The van der Waals surface area contributed by atoms with Gasteiger partial charge in [-0.3, -0.25) is 0 Å². The number of halogens is 2. The summed E-state index contributed by atoms with van der Waals surface area (Å²) in [7, 11) is 0. The van der Waals surface area contributed by atoms with Gasteiger partial charge in [-0.05, 0) is 43.4 Å².